The van der Waals surface area contributed by atoms with Crippen LogP contribution in [0.15, 0.2) is 71.5 Å². The second-order valence-corrected chi connectivity index (χ2v) is 7.90. The summed E-state index contributed by atoms with van der Waals surface area (Å²) in [5.41, 5.74) is 10.7. The number of amides is 1. The smallest absolute Gasteiger partial charge is 0.249 e. The summed E-state index contributed by atoms with van der Waals surface area (Å²) in [5, 5.41) is 2.76. The summed E-state index contributed by atoms with van der Waals surface area (Å²) in [6.45, 7) is 0.574. The lowest BCUT2D eigenvalue weighted by atomic mass is 10.0. The zero-order valence-corrected chi connectivity index (χ0v) is 17.2. The number of primary amides is 1. The van der Waals surface area contributed by atoms with Gasteiger partial charge in [-0.05, 0) is 54.1 Å². The molecule has 4 nitrogen and oxygen atoms in total. The molecule has 5 aromatic rings. The van der Waals surface area contributed by atoms with Crippen LogP contribution >= 0.6 is 23.2 Å². The highest BCUT2D eigenvalue weighted by atomic mass is 35.5. The zero-order valence-electron chi connectivity index (χ0n) is 15.7. The van der Waals surface area contributed by atoms with Gasteiger partial charge >= 0.3 is 0 Å². The standard InChI is InChI=1S/C24H15Cl2N2O2/c25-16-5-7-17(20(26)11-16)15-4-6-18-22(10-15)28(12-14-8-9-30-13-14)21-3-1-2-19(23(18)21)24(27)29/h1-5,7-11,13H,12H2,(H2,27,29). The number of nitrogens with two attached hydrogens (primary N) is 1. The molecule has 0 spiro atoms. The Balaban J connectivity index is 1.82. The van der Waals surface area contributed by atoms with Crippen LogP contribution in [0.25, 0.3) is 32.9 Å². The van der Waals surface area contributed by atoms with Crippen molar-refractivity contribution >= 4 is 50.9 Å². The molecule has 6 heteroatoms. The van der Waals surface area contributed by atoms with E-state index in [1.165, 1.54) is 0 Å². The molecule has 0 fully saturated rings. The maximum absolute atomic E-state index is 12.1. The Morgan fingerprint density at radius 3 is 2.70 bits per heavy atom. The monoisotopic (exact) mass is 433 g/mol. The molecule has 1 amide bonds. The summed E-state index contributed by atoms with van der Waals surface area (Å²) in [6, 6.07) is 20.2. The van der Waals surface area contributed by atoms with Gasteiger partial charge in [-0.15, -0.1) is 0 Å². The lowest BCUT2D eigenvalue weighted by molar-refractivity contribution is 0.100. The molecule has 0 atom stereocenters. The number of benzene rings is 3. The summed E-state index contributed by atoms with van der Waals surface area (Å²) < 4.78 is 7.37. The van der Waals surface area contributed by atoms with Gasteiger partial charge in [-0.3, -0.25) is 4.79 Å². The Morgan fingerprint density at radius 2 is 1.97 bits per heavy atom. The van der Waals surface area contributed by atoms with Gasteiger partial charge in [-0.2, -0.15) is 0 Å². The molecule has 5 rings (SSSR count). The van der Waals surface area contributed by atoms with Crippen LogP contribution in [-0.4, -0.2) is 10.5 Å². The topological polar surface area (TPSA) is 61.2 Å². The average molecular weight is 434 g/mol. The highest BCUT2D eigenvalue weighted by Gasteiger charge is 2.18. The van der Waals surface area contributed by atoms with E-state index in [2.05, 4.69) is 10.6 Å². The van der Waals surface area contributed by atoms with E-state index in [4.69, 9.17) is 33.4 Å². The van der Waals surface area contributed by atoms with E-state index >= 15 is 0 Å². The molecule has 0 aliphatic heterocycles. The third-order valence-corrected chi connectivity index (χ3v) is 5.77. The van der Waals surface area contributed by atoms with E-state index in [0.717, 1.165) is 38.5 Å². The van der Waals surface area contributed by atoms with E-state index in [-0.39, 0.29) is 0 Å². The molecule has 2 heterocycles. The fourth-order valence-corrected chi connectivity index (χ4v) is 4.39. The first kappa shape index (κ1) is 18.8. The second-order valence-electron chi connectivity index (χ2n) is 7.05. The molecule has 30 heavy (non-hydrogen) atoms. The Morgan fingerprint density at radius 1 is 1.10 bits per heavy atom. The molecule has 3 aromatic carbocycles. The van der Waals surface area contributed by atoms with Crippen molar-refractivity contribution in [1.29, 1.82) is 0 Å². The van der Waals surface area contributed by atoms with Gasteiger partial charge in [0.1, 0.15) is 0 Å². The number of hydrogen-bond donors (Lipinski definition) is 1. The predicted octanol–water partition coefficient (Wildman–Crippen LogP) is 6.31. The molecule has 0 unspecified atom stereocenters. The number of hydrogen-bond acceptors (Lipinski definition) is 2. The maximum Gasteiger partial charge on any atom is 0.249 e. The molecule has 0 saturated heterocycles. The fourth-order valence-electron chi connectivity index (χ4n) is 3.88. The minimum Gasteiger partial charge on any atom is -0.472 e. The highest BCUT2D eigenvalue weighted by Crippen LogP contribution is 2.37. The number of carbonyl (C=O) groups excluding carboxylic acids is 1. The van der Waals surface area contributed by atoms with Gasteiger partial charge in [0.25, 0.3) is 0 Å². The van der Waals surface area contributed by atoms with Crippen molar-refractivity contribution < 1.29 is 9.21 Å². The van der Waals surface area contributed by atoms with Crippen molar-refractivity contribution in [3.63, 3.8) is 0 Å². The first-order chi connectivity index (χ1) is 14.5. The van der Waals surface area contributed by atoms with Crippen LogP contribution in [0.1, 0.15) is 15.9 Å². The summed E-state index contributed by atoms with van der Waals surface area (Å²) in [7, 11) is 0. The van der Waals surface area contributed by atoms with E-state index in [0.29, 0.717) is 22.2 Å². The van der Waals surface area contributed by atoms with Crippen LogP contribution in [0, 0.1) is 6.07 Å². The minimum absolute atomic E-state index is 0.469. The molecule has 0 aliphatic carbocycles. The van der Waals surface area contributed by atoms with Gasteiger partial charge in [0.2, 0.25) is 5.91 Å². The Bertz CT molecular complexity index is 1420. The van der Waals surface area contributed by atoms with Crippen molar-refractivity contribution in [2.45, 2.75) is 6.54 Å². The number of nitrogens with zero attached hydrogens (tertiary/aromatic N) is 1. The van der Waals surface area contributed by atoms with Crippen molar-refractivity contribution in [1.82, 2.24) is 4.57 Å². The Hall–Kier alpha value is -3.21. The second kappa shape index (κ2) is 7.24. The Labute approximate surface area is 182 Å². The quantitative estimate of drug-likeness (QED) is 0.360. The lowest BCUT2D eigenvalue weighted by Crippen LogP contribution is -2.11. The van der Waals surface area contributed by atoms with Crippen molar-refractivity contribution in [2.24, 2.45) is 5.73 Å². The summed E-state index contributed by atoms with van der Waals surface area (Å²) >= 11 is 12.5. The normalized spacial score (nSPS) is 11.4. The van der Waals surface area contributed by atoms with Crippen LogP contribution in [-0.2, 0) is 6.54 Å². The number of fused-ring (bicyclic) bond motifs is 3. The Kier molecular flexibility index (Phi) is 4.54. The van der Waals surface area contributed by atoms with Crippen LogP contribution in [0.3, 0.4) is 0 Å². The van der Waals surface area contributed by atoms with E-state index < -0.39 is 5.91 Å². The van der Waals surface area contributed by atoms with Gasteiger partial charge < -0.3 is 14.7 Å². The number of aromatic nitrogens is 1. The van der Waals surface area contributed by atoms with E-state index in [1.54, 1.807) is 30.7 Å². The van der Waals surface area contributed by atoms with Crippen LogP contribution in [0.2, 0.25) is 10.0 Å². The van der Waals surface area contributed by atoms with Gasteiger partial charge in [0, 0.05) is 37.5 Å². The molecular formula is C24H15Cl2N2O2. The van der Waals surface area contributed by atoms with Gasteiger partial charge in [0.15, 0.2) is 0 Å². The third kappa shape index (κ3) is 3.05. The van der Waals surface area contributed by atoms with Gasteiger partial charge in [0.05, 0.1) is 30.1 Å². The molecule has 1 radical (unpaired) electrons. The highest BCUT2D eigenvalue weighted by molar-refractivity contribution is 6.36. The van der Waals surface area contributed by atoms with Crippen molar-refractivity contribution in [3.05, 3.63) is 94.4 Å². The SMILES string of the molecule is NC(=O)c1cccc2c1c1[c]cc(-c3ccc(Cl)cc3Cl)cc1n2Cc1ccoc1. The van der Waals surface area contributed by atoms with Gasteiger partial charge in [-0.1, -0.05) is 35.3 Å². The van der Waals surface area contributed by atoms with Crippen LogP contribution in [0.4, 0.5) is 0 Å². The molecule has 0 saturated carbocycles. The number of halogens is 2. The first-order valence-corrected chi connectivity index (χ1v) is 10.0. The van der Waals surface area contributed by atoms with E-state index in [1.807, 2.05) is 36.4 Å². The minimum atomic E-state index is -0.471. The molecule has 147 valence electrons. The van der Waals surface area contributed by atoms with Crippen molar-refractivity contribution in [2.75, 3.05) is 0 Å². The zero-order chi connectivity index (χ0) is 20.8. The number of carbonyl (C=O) groups is 1. The molecule has 0 aliphatic rings. The molecular weight excluding hydrogens is 419 g/mol. The van der Waals surface area contributed by atoms with E-state index in [9.17, 15) is 4.79 Å². The summed E-state index contributed by atoms with van der Waals surface area (Å²) in [6.07, 6.45) is 3.35. The summed E-state index contributed by atoms with van der Waals surface area (Å²) in [5.74, 6) is -0.471. The first-order valence-electron chi connectivity index (χ1n) is 9.26. The number of rotatable bonds is 4. The average Bonchev–Trinajstić information content (AvgIpc) is 3.34. The van der Waals surface area contributed by atoms with Crippen molar-refractivity contribution in [3.8, 4) is 11.1 Å². The molecule has 0 bridgehead atoms. The fraction of sp³-hybridized carbons (Fsp3) is 0.0417. The van der Waals surface area contributed by atoms with Gasteiger partial charge in [-0.25, -0.2) is 0 Å². The third-order valence-electron chi connectivity index (χ3n) is 5.22. The summed E-state index contributed by atoms with van der Waals surface area (Å²) in [4.78, 5) is 12.1. The lowest BCUT2D eigenvalue weighted by Gasteiger charge is -2.09. The number of furan rings is 1. The van der Waals surface area contributed by atoms with Crippen LogP contribution in [0.5, 0.6) is 0 Å². The largest absolute Gasteiger partial charge is 0.472 e. The maximum atomic E-state index is 12.1. The predicted molar refractivity (Wildman–Crippen MR) is 120 cm³/mol. The van der Waals surface area contributed by atoms with Crippen LogP contribution < -0.4 is 5.73 Å². The molecule has 2 aromatic heterocycles. The molecule has 2 N–H and O–H groups in total.